The lowest BCUT2D eigenvalue weighted by molar-refractivity contribution is -0.150. The number of unbranched alkanes of at least 4 members (excludes halogenated alkanes) is 29. The van der Waals surface area contributed by atoms with Crippen LogP contribution in [0.15, 0.2) is 72.9 Å². The molecule has 3 N–H and O–H groups in total. The van der Waals surface area contributed by atoms with Gasteiger partial charge in [0.05, 0.1) is 25.2 Å². The maximum atomic E-state index is 13.2. The number of amides is 1. The smallest absolute Gasteiger partial charge is 0.306 e. The van der Waals surface area contributed by atoms with Gasteiger partial charge in [0.1, 0.15) is 6.10 Å². The highest BCUT2D eigenvalue weighted by Gasteiger charge is 2.23. The fraction of sp³-hybridized carbons (Fsp3) is 0.774. The summed E-state index contributed by atoms with van der Waals surface area (Å²) in [6.07, 6.45) is 71.3. The second-order valence-corrected chi connectivity index (χ2v) is 19.7. The summed E-state index contributed by atoms with van der Waals surface area (Å²) in [6.45, 7) is 6.36. The van der Waals surface area contributed by atoms with E-state index in [9.17, 15) is 19.8 Å². The lowest BCUT2D eigenvalue weighted by Gasteiger charge is -2.24. The molecule has 0 aliphatic carbocycles. The van der Waals surface area contributed by atoms with E-state index in [1.165, 1.54) is 167 Å². The van der Waals surface area contributed by atoms with Crippen LogP contribution in [-0.2, 0) is 14.3 Å². The third kappa shape index (κ3) is 49.7. The van der Waals surface area contributed by atoms with Gasteiger partial charge in [-0.25, -0.2) is 0 Å². The van der Waals surface area contributed by atoms with Gasteiger partial charge in [-0.15, -0.1) is 0 Å². The van der Waals surface area contributed by atoms with Crippen molar-refractivity contribution < 1.29 is 24.5 Å². The van der Waals surface area contributed by atoms with E-state index in [-0.39, 0.29) is 24.9 Å². The summed E-state index contributed by atoms with van der Waals surface area (Å²) >= 11 is 0. The van der Waals surface area contributed by atoms with E-state index in [2.05, 4.69) is 92.9 Å². The van der Waals surface area contributed by atoms with E-state index in [0.717, 1.165) is 70.6 Å². The Morgan fingerprint density at radius 1 is 0.456 bits per heavy atom. The Bertz CT molecular complexity index is 1250. The van der Waals surface area contributed by atoms with Crippen LogP contribution in [0.2, 0.25) is 0 Å². The Morgan fingerprint density at radius 2 is 0.824 bits per heavy atom. The molecular formula is C62H111NO5. The number of carbonyl (C=O) groups is 2. The number of allylic oxidation sites excluding steroid dienone is 11. The van der Waals surface area contributed by atoms with Crippen LogP contribution < -0.4 is 5.32 Å². The predicted molar refractivity (Wildman–Crippen MR) is 296 cm³/mol. The first-order valence-electron chi connectivity index (χ1n) is 29.2. The molecule has 3 atom stereocenters. The Labute approximate surface area is 421 Å². The number of hydrogen-bond donors (Lipinski definition) is 3. The van der Waals surface area contributed by atoms with Gasteiger partial charge in [-0.05, 0) is 70.6 Å². The van der Waals surface area contributed by atoms with Crippen molar-refractivity contribution in [3.8, 4) is 0 Å². The number of rotatable bonds is 52. The zero-order valence-corrected chi connectivity index (χ0v) is 45.0. The second kappa shape index (κ2) is 55.2. The first-order valence-corrected chi connectivity index (χ1v) is 29.2. The first-order chi connectivity index (χ1) is 33.5. The Kier molecular flexibility index (Phi) is 53.0. The van der Waals surface area contributed by atoms with Crippen molar-refractivity contribution in [3.05, 3.63) is 72.9 Å². The van der Waals surface area contributed by atoms with Gasteiger partial charge in [0, 0.05) is 12.8 Å². The molecule has 1 amide bonds. The third-order valence-electron chi connectivity index (χ3n) is 13.0. The molecule has 0 fully saturated rings. The predicted octanol–water partition coefficient (Wildman–Crippen LogP) is 18.1. The van der Waals surface area contributed by atoms with Crippen LogP contribution in [0.4, 0.5) is 0 Å². The molecule has 0 aromatic rings. The minimum Gasteiger partial charge on any atom is -0.461 e. The van der Waals surface area contributed by atoms with E-state index in [4.69, 9.17) is 4.74 Å². The second-order valence-electron chi connectivity index (χ2n) is 19.7. The summed E-state index contributed by atoms with van der Waals surface area (Å²) in [7, 11) is 0. The molecule has 394 valence electrons. The van der Waals surface area contributed by atoms with Crippen molar-refractivity contribution in [3.63, 3.8) is 0 Å². The minimum absolute atomic E-state index is 0.00227. The highest BCUT2D eigenvalue weighted by atomic mass is 16.5. The molecule has 0 radical (unpaired) electrons. The molecule has 0 bridgehead atoms. The van der Waals surface area contributed by atoms with Crippen LogP contribution >= 0.6 is 0 Å². The van der Waals surface area contributed by atoms with E-state index < -0.39 is 18.2 Å². The molecule has 0 heterocycles. The zero-order chi connectivity index (χ0) is 49.5. The van der Waals surface area contributed by atoms with Crippen LogP contribution in [0.3, 0.4) is 0 Å². The molecular weight excluding hydrogens is 839 g/mol. The molecule has 0 rings (SSSR count). The average molecular weight is 951 g/mol. The van der Waals surface area contributed by atoms with E-state index >= 15 is 0 Å². The fourth-order valence-electron chi connectivity index (χ4n) is 8.63. The van der Waals surface area contributed by atoms with Gasteiger partial charge in [0.2, 0.25) is 5.91 Å². The van der Waals surface area contributed by atoms with Gasteiger partial charge in [0.25, 0.3) is 0 Å². The van der Waals surface area contributed by atoms with Crippen molar-refractivity contribution in [2.24, 2.45) is 0 Å². The molecule has 0 aromatic heterocycles. The number of aliphatic hydroxyl groups is 2. The SMILES string of the molecule is CC/C=C\C/C=C\C/C=C\C/C=C\C/C=C\CC(CC(=O)NC(CO)C(O)CCCCCCCCCCCCCCCCC)OC(=O)CCCCCCCCCCC/C=C/CCCCCCCC. The molecule has 0 aliphatic heterocycles. The average Bonchev–Trinajstić information content (AvgIpc) is 3.33. The highest BCUT2D eigenvalue weighted by Crippen LogP contribution is 2.17. The highest BCUT2D eigenvalue weighted by molar-refractivity contribution is 5.77. The summed E-state index contributed by atoms with van der Waals surface area (Å²) in [5.41, 5.74) is 0. The van der Waals surface area contributed by atoms with Gasteiger partial charge in [-0.2, -0.15) is 0 Å². The van der Waals surface area contributed by atoms with Gasteiger partial charge in [0.15, 0.2) is 0 Å². The van der Waals surface area contributed by atoms with Gasteiger partial charge < -0.3 is 20.3 Å². The maximum absolute atomic E-state index is 13.2. The molecule has 0 aromatic carbocycles. The lowest BCUT2D eigenvalue weighted by Crippen LogP contribution is -2.46. The fourth-order valence-corrected chi connectivity index (χ4v) is 8.63. The van der Waals surface area contributed by atoms with E-state index in [0.29, 0.717) is 19.3 Å². The summed E-state index contributed by atoms with van der Waals surface area (Å²) in [4.78, 5) is 26.2. The number of aliphatic hydroxyl groups excluding tert-OH is 2. The van der Waals surface area contributed by atoms with Crippen LogP contribution in [0.5, 0.6) is 0 Å². The number of ether oxygens (including phenoxy) is 1. The summed E-state index contributed by atoms with van der Waals surface area (Å²) < 4.78 is 5.90. The van der Waals surface area contributed by atoms with E-state index in [1.807, 2.05) is 6.08 Å². The molecule has 0 aliphatic rings. The molecule has 0 spiro atoms. The van der Waals surface area contributed by atoms with Crippen LogP contribution in [0.1, 0.15) is 284 Å². The van der Waals surface area contributed by atoms with E-state index in [1.54, 1.807) is 0 Å². The van der Waals surface area contributed by atoms with Crippen LogP contribution in [0, 0.1) is 0 Å². The quantitative estimate of drug-likeness (QED) is 0.0321. The first kappa shape index (κ1) is 65.3. The maximum Gasteiger partial charge on any atom is 0.306 e. The molecule has 68 heavy (non-hydrogen) atoms. The standard InChI is InChI=1S/C62H111NO5/c1-4-7-10-13-16-19-22-25-28-29-30-31-34-37-40-43-46-49-52-55-62(67)68-58(53-50-47-44-41-38-35-32-26-23-20-17-14-11-8-5-2)56-61(66)63-59(57-64)60(65)54-51-48-45-42-39-36-33-27-24-21-18-15-12-9-6-3/h8,11,17,20,25-26,28,32,38,41,47,50,58-60,64-65H,4-7,9-10,12-16,18-19,21-24,27,29-31,33-37,39-40,42-46,48-49,51-57H2,1-3H3,(H,63,66)/b11-8-,20-17-,28-25+,32-26-,41-38-,50-47-. The lowest BCUT2D eigenvalue weighted by atomic mass is 10.0. The molecule has 3 unspecified atom stereocenters. The number of carbonyl (C=O) groups excluding carboxylic acids is 2. The summed E-state index contributed by atoms with van der Waals surface area (Å²) in [5.74, 6) is -0.576. The number of hydrogen-bond acceptors (Lipinski definition) is 5. The molecule has 6 nitrogen and oxygen atoms in total. The zero-order valence-electron chi connectivity index (χ0n) is 45.0. The monoisotopic (exact) mass is 950 g/mol. The Hall–Kier alpha value is -2.70. The third-order valence-corrected chi connectivity index (χ3v) is 13.0. The largest absolute Gasteiger partial charge is 0.461 e. The van der Waals surface area contributed by atoms with Gasteiger partial charge >= 0.3 is 5.97 Å². The van der Waals surface area contributed by atoms with Crippen molar-refractivity contribution in [2.45, 2.75) is 302 Å². The Balaban J connectivity index is 4.63. The summed E-state index contributed by atoms with van der Waals surface area (Å²) in [5, 5.41) is 23.8. The van der Waals surface area contributed by atoms with Crippen LogP contribution in [0.25, 0.3) is 0 Å². The molecule has 0 saturated carbocycles. The van der Waals surface area contributed by atoms with Gasteiger partial charge in [-0.3, -0.25) is 9.59 Å². The van der Waals surface area contributed by atoms with Crippen LogP contribution in [-0.4, -0.2) is 46.9 Å². The molecule has 6 heteroatoms. The van der Waals surface area contributed by atoms with Crippen molar-refractivity contribution in [2.75, 3.05) is 6.61 Å². The normalized spacial score (nSPS) is 13.7. The minimum atomic E-state index is -0.815. The Morgan fingerprint density at radius 3 is 1.24 bits per heavy atom. The van der Waals surface area contributed by atoms with Gasteiger partial charge in [-0.1, -0.05) is 267 Å². The van der Waals surface area contributed by atoms with Crippen molar-refractivity contribution >= 4 is 11.9 Å². The van der Waals surface area contributed by atoms with Crippen molar-refractivity contribution in [1.82, 2.24) is 5.32 Å². The number of esters is 1. The van der Waals surface area contributed by atoms with Crippen molar-refractivity contribution in [1.29, 1.82) is 0 Å². The topological polar surface area (TPSA) is 95.9 Å². The summed E-state index contributed by atoms with van der Waals surface area (Å²) in [6, 6.07) is -0.735. The molecule has 0 saturated heterocycles. The number of nitrogens with one attached hydrogen (secondary N) is 1.